The Labute approximate surface area is 104 Å². The second kappa shape index (κ2) is 6.32. The number of ether oxygens (including phenoxy) is 1. The Morgan fingerprint density at radius 3 is 2.78 bits per heavy atom. The van der Waals surface area contributed by atoms with Crippen molar-refractivity contribution in [2.24, 2.45) is 0 Å². The van der Waals surface area contributed by atoms with Gasteiger partial charge in [0.25, 0.3) is 0 Å². The minimum Gasteiger partial charge on any atom is -0.465 e. The van der Waals surface area contributed by atoms with E-state index in [4.69, 9.17) is 5.11 Å². The zero-order chi connectivity index (χ0) is 13.7. The summed E-state index contributed by atoms with van der Waals surface area (Å²) in [6.07, 6.45) is -0.950. The van der Waals surface area contributed by atoms with Crippen molar-refractivity contribution in [1.29, 1.82) is 0 Å². The van der Waals surface area contributed by atoms with E-state index in [1.54, 1.807) is 6.92 Å². The van der Waals surface area contributed by atoms with Gasteiger partial charge in [0.2, 0.25) is 0 Å². The van der Waals surface area contributed by atoms with Crippen LogP contribution in [0, 0.1) is 12.7 Å². The van der Waals surface area contributed by atoms with Crippen LogP contribution < -0.4 is 5.32 Å². The lowest BCUT2D eigenvalue weighted by atomic mass is 10.1. The van der Waals surface area contributed by atoms with Crippen LogP contribution in [0.3, 0.4) is 0 Å². The minimum absolute atomic E-state index is 0.0570. The number of hydrogen-bond acceptors (Lipinski definition) is 5. The average Bonchev–Trinajstić information content (AvgIpc) is 2.38. The molecule has 1 aromatic carbocycles. The van der Waals surface area contributed by atoms with E-state index in [-0.39, 0.29) is 12.1 Å². The summed E-state index contributed by atoms with van der Waals surface area (Å²) in [6.45, 7) is 1.21. The van der Waals surface area contributed by atoms with Crippen LogP contribution in [0.5, 0.6) is 0 Å². The van der Waals surface area contributed by atoms with Gasteiger partial charge in [0, 0.05) is 17.8 Å². The summed E-state index contributed by atoms with van der Waals surface area (Å²) in [6, 6.07) is 2.53. The molecule has 0 aliphatic carbocycles. The molecule has 0 bridgehead atoms. The summed E-state index contributed by atoms with van der Waals surface area (Å²) >= 11 is 0. The molecule has 3 N–H and O–H groups in total. The first-order chi connectivity index (χ1) is 8.49. The van der Waals surface area contributed by atoms with Gasteiger partial charge in [0.05, 0.1) is 25.4 Å². The fourth-order valence-corrected chi connectivity index (χ4v) is 1.39. The van der Waals surface area contributed by atoms with Crippen LogP contribution in [0.25, 0.3) is 0 Å². The summed E-state index contributed by atoms with van der Waals surface area (Å²) < 4.78 is 18.1. The number of esters is 1. The molecule has 0 fully saturated rings. The third kappa shape index (κ3) is 3.41. The summed E-state index contributed by atoms with van der Waals surface area (Å²) in [7, 11) is 1.21. The van der Waals surface area contributed by atoms with E-state index < -0.39 is 24.5 Å². The molecule has 0 heterocycles. The van der Waals surface area contributed by atoms with Crippen molar-refractivity contribution >= 4 is 11.7 Å². The number of carbonyl (C=O) groups excluding carboxylic acids is 1. The average molecular weight is 257 g/mol. The standard InChI is InChI=1S/C12H16FNO4/c1-7-10(13)3-8(12(17)18-2)4-11(7)14-5-9(16)6-15/h3-4,9,14-16H,5-6H2,1-2H3. The van der Waals surface area contributed by atoms with Crippen LogP contribution >= 0.6 is 0 Å². The largest absolute Gasteiger partial charge is 0.465 e. The Morgan fingerprint density at radius 1 is 1.56 bits per heavy atom. The van der Waals surface area contributed by atoms with E-state index in [9.17, 15) is 14.3 Å². The van der Waals surface area contributed by atoms with Crippen molar-refractivity contribution in [2.75, 3.05) is 25.6 Å². The van der Waals surface area contributed by atoms with Crippen LogP contribution in [-0.4, -0.2) is 42.5 Å². The highest BCUT2D eigenvalue weighted by Crippen LogP contribution is 2.21. The highest BCUT2D eigenvalue weighted by atomic mass is 19.1. The zero-order valence-corrected chi connectivity index (χ0v) is 10.2. The number of aliphatic hydroxyl groups is 2. The maximum atomic E-state index is 13.6. The van der Waals surface area contributed by atoms with Gasteiger partial charge in [-0.2, -0.15) is 0 Å². The highest BCUT2D eigenvalue weighted by Gasteiger charge is 2.13. The molecule has 1 atom stereocenters. The van der Waals surface area contributed by atoms with Crippen molar-refractivity contribution in [1.82, 2.24) is 0 Å². The van der Waals surface area contributed by atoms with Crippen molar-refractivity contribution in [2.45, 2.75) is 13.0 Å². The fraction of sp³-hybridized carbons (Fsp3) is 0.417. The number of benzene rings is 1. The summed E-state index contributed by atoms with van der Waals surface area (Å²) in [4.78, 5) is 11.3. The summed E-state index contributed by atoms with van der Waals surface area (Å²) in [5.41, 5.74) is 0.789. The molecule has 0 amide bonds. The fourth-order valence-electron chi connectivity index (χ4n) is 1.39. The Morgan fingerprint density at radius 2 is 2.22 bits per heavy atom. The molecule has 0 aliphatic rings. The predicted molar refractivity (Wildman–Crippen MR) is 64.1 cm³/mol. The van der Waals surface area contributed by atoms with Crippen LogP contribution in [0.2, 0.25) is 0 Å². The second-order valence-electron chi connectivity index (χ2n) is 3.84. The van der Waals surface area contributed by atoms with Crippen molar-refractivity contribution < 1.29 is 24.1 Å². The third-order valence-electron chi connectivity index (χ3n) is 2.50. The van der Waals surface area contributed by atoms with E-state index in [2.05, 4.69) is 10.1 Å². The second-order valence-corrected chi connectivity index (χ2v) is 3.84. The molecule has 0 aromatic heterocycles. The van der Waals surface area contributed by atoms with E-state index >= 15 is 0 Å². The van der Waals surface area contributed by atoms with E-state index in [1.165, 1.54) is 13.2 Å². The Hall–Kier alpha value is -1.66. The molecule has 0 saturated carbocycles. The monoisotopic (exact) mass is 257 g/mol. The summed E-state index contributed by atoms with van der Waals surface area (Å²) in [5.74, 6) is -1.18. The van der Waals surface area contributed by atoms with Gasteiger partial charge in [-0.25, -0.2) is 9.18 Å². The molecule has 18 heavy (non-hydrogen) atoms. The molecule has 0 aliphatic heterocycles. The van der Waals surface area contributed by atoms with E-state index in [0.29, 0.717) is 11.3 Å². The van der Waals surface area contributed by atoms with Gasteiger partial charge < -0.3 is 20.3 Å². The Kier molecular flexibility index (Phi) is 5.06. The smallest absolute Gasteiger partial charge is 0.338 e. The lowest BCUT2D eigenvalue weighted by Crippen LogP contribution is -2.23. The number of nitrogens with one attached hydrogen (secondary N) is 1. The van der Waals surface area contributed by atoms with Gasteiger partial charge >= 0.3 is 5.97 Å². The van der Waals surface area contributed by atoms with Gasteiger partial charge in [-0.3, -0.25) is 0 Å². The molecule has 0 radical (unpaired) electrons. The molecular formula is C12H16FNO4. The van der Waals surface area contributed by atoms with Crippen molar-refractivity contribution in [3.63, 3.8) is 0 Å². The first kappa shape index (κ1) is 14.4. The van der Waals surface area contributed by atoms with Crippen LogP contribution in [0.1, 0.15) is 15.9 Å². The van der Waals surface area contributed by atoms with Gasteiger partial charge in [0.1, 0.15) is 5.82 Å². The van der Waals surface area contributed by atoms with Gasteiger partial charge in [0.15, 0.2) is 0 Å². The normalized spacial score (nSPS) is 12.1. The number of aliphatic hydroxyl groups excluding tert-OH is 2. The lowest BCUT2D eigenvalue weighted by molar-refractivity contribution is 0.0600. The molecule has 0 saturated heterocycles. The quantitative estimate of drug-likeness (QED) is 0.676. The van der Waals surface area contributed by atoms with E-state index in [0.717, 1.165) is 6.07 Å². The molecule has 5 nitrogen and oxygen atoms in total. The maximum Gasteiger partial charge on any atom is 0.338 e. The van der Waals surface area contributed by atoms with Crippen LogP contribution in [0.4, 0.5) is 10.1 Å². The number of halogens is 1. The first-order valence-corrected chi connectivity index (χ1v) is 5.40. The molecule has 1 aromatic rings. The number of anilines is 1. The maximum absolute atomic E-state index is 13.6. The number of rotatable bonds is 5. The molecule has 6 heteroatoms. The number of hydrogen-bond donors (Lipinski definition) is 3. The van der Waals surface area contributed by atoms with Gasteiger partial charge in [-0.05, 0) is 19.1 Å². The van der Waals surface area contributed by atoms with Crippen molar-refractivity contribution in [3.8, 4) is 0 Å². The molecular weight excluding hydrogens is 241 g/mol. The van der Waals surface area contributed by atoms with Crippen LogP contribution in [0.15, 0.2) is 12.1 Å². The zero-order valence-electron chi connectivity index (χ0n) is 10.2. The third-order valence-corrected chi connectivity index (χ3v) is 2.50. The molecule has 100 valence electrons. The number of carbonyl (C=O) groups is 1. The number of methoxy groups -OCH3 is 1. The van der Waals surface area contributed by atoms with Crippen LogP contribution in [-0.2, 0) is 4.74 Å². The minimum atomic E-state index is -0.950. The highest BCUT2D eigenvalue weighted by molar-refractivity contribution is 5.90. The molecule has 0 spiro atoms. The van der Waals surface area contributed by atoms with E-state index in [1.807, 2.05) is 0 Å². The topological polar surface area (TPSA) is 78.8 Å². The summed E-state index contributed by atoms with van der Waals surface area (Å²) in [5, 5.41) is 20.7. The van der Waals surface area contributed by atoms with Gasteiger partial charge in [-0.15, -0.1) is 0 Å². The predicted octanol–water partition coefficient (Wildman–Crippen LogP) is 0.686. The Bertz CT molecular complexity index is 436. The Balaban J connectivity index is 2.95. The van der Waals surface area contributed by atoms with Gasteiger partial charge in [-0.1, -0.05) is 0 Å². The first-order valence-electron chi connectivity index (χ1n) is 5.40. The molecule has 1 rings (SSSR count). The SMILES string of the molecule is COC(=O)c1cc(F)c(C)c(NCC(O)CO)c1. The van der Waals surface area contributed by atoms with Crippen molar-refractivity contribution in [3.05, 3.63) is 29.1 Å². The lowest BCUT2D eigenvalue weighted by Gasteiger charge is -2.14. The molecule has 1 unspecified atom stereocenters.